The van der Waals surface area contributed by atoms with E-state index in [9.17, 15) is 34.9 Å². The van der Waals surface area contributed by atoms with E-state index in [4.69, 9.17) is 0 Å². The van der Waals surface area contributed by atoms with Crippen molar-refractivity contribution in [3.05, 3.63) is 0 Å². The SMILES string of the molecule is O=S(=O)([O-])C(F)(F)CCCCCC(F)(F)F.[Na+]. The molecule has 0 aliphatic carbocycles. The van der Waals surface area contributed by atoms with Gasteiger partial charge in [0, 0.05) is 12.8 Å². The van der Waals surface area contributed by atoms with Crippen molar-refractivity contribution in [3.63, 3.8) is 0 Å². The van der Waals surface area contributed by atoms with Crippen LogP contribution >= 0.6 is 0 Å². The molecule has 3 nitrogen and oxygen atoms in total. The van der Waals surface area contributed by atoms with Crippen molar-refractivity contribution >= 4 is 10.1 Å². The van der Waals surface area contributed by atoms with Crippen LogP contribution in [-0.4, -0.2) is 24.4 Å². The molecule has 0 aromatic carbocycles. The molecule has 0 heterocycles. The predicted molar refractivity (Wildman–Crippen MR) is 43.8 cm³/mol. The fourth-order valence-electron chi connectivity index (χ4n) is 0.958. The summed E-state index contributed by atoms with van der Waals surface area (Å²) >= 11 is 0. The van der Waals surface area contributed by atoms with Gasteiger partial charge in [-0.25, -0.2) is 8.42 Å². The van der Waals surface area contributed by atoms with Gasteiger partial charge in [-0.1, -0.05) is 6.42 Å². The summed E-state index contributed by atoms with van der Waals surface area (Å²) in [7, 11) is -5.72. The van der Waals surface area contributed by atoms with Crippen molar-refractivity contribution < 1.29 is 64.5 Å². The van der Waals surface area contributed by atoms with Crippen LogP contribution in [0.5, 0.6) is 0 Å². The van der Waals surface area contributed by atoms with Crippen LogP contribution in [0.2, 0.25) is 0 Å². The molecular weight excluding hydrogens is 282 g/mol. The number of alkyl halides is 5. The van der Waals surface area contributed by atoms with Gasteiger partial charge in [-0.2, -0.15) is 22.0 Å². The Kier molecular flexibility index (Phi) is 8.45. The Labute approximate surface area is 118 Å². The molecule has 0 aromatic heterocycles. The number of halogens is 5. The normalized spacial score (nSPS) is 13.3. The van der Waals surface area contributed by atoms with E-state index in [1.54, 1.807) is 0 Å². The Balaban J connectivity index is 0. The molecule has 0 N–H and O–H groups in total. The monoisotopic (exact) mass is 292 g/mol. The molecule has 0 fully saturated rings. The first-order valence-electron chi connectivity index (χ1n) is 4.36. The molecule has 17 heavy (non-hydrogen) atoms. The summed E-state index contributed by atoms with van der Waals surface area (Å²) < 4.78 is 89.7. The van der Waals surface area contributed by atoms with Gasteiger partial charge < -0.3 is 4.55 Å². The maximum absolute atomic E-state index is 12.5. The van der Waals surface area contributed by atoms with Crippen molar-refractivity contribution in [1.29, 1.82) is 0 Å². The zero-order valence-electron chi connectivity index (χ0n) is 9.06. The van der Waals surface area contributed by atoms with Crippen LogP contribution < -0.4 is 29.6 Å². The van der Waals surface area contributed by atoms with E-state index in [-0.39, 0.29) is 42.4 Å². The Bertz CT molecular complexity index is 314. The van der Waals surface area contributed by atoms with Crippen LogP contribution in [0.25, 0.3) is 0 Å². The van der Waals surface area contributed by atoms with Gasteiger partial charge in [0.15, 0.2) is 10.1 Å². The van der Waals surface area contributed by atoms with Crippen molar-refractivity contribution in [2.45, 2.75) is 43.5 Å². The molecule has 98 valence electrons. The summed E-state index contributed by atoms with van der Waals surface area (Å²) in [5, 5.41) is -4.40. The molecule has 10 heteroatoms. The largest absolute Gasteiger partial charge is 1.00 e. The minimum absolute atomic E-state index is 0. The van der Waals surface area contributed by atoms with Gasteiger partial charge in [-0.3, -0.25) is 0 Å². The maximum atomic E-state index is 12.5. The third-order valence-corrected chi connectivity index (χ3v) is 2.73. The van der Waals surface area contributed by atoms with E-state index in [1.807, 2.05) is 0 Å². The van der Waals surface area contributed by atoms with Gasteiger partial charge in [-0.05, 0) is 12.8 Å². The molecule has 0 bridgehead atoms. The van der Waals surface area contributed by atoms with Crippen molar-refractivity contribution in [2.75, 3.05) is 0 Å². The zero-order valence-corrected chi connectivity index (χ0v) is 11.9. The first-order chi connectivity index (χ1) is 6.96. The smallest absolute Gasteiger partial charge is 0.743 e. The molecule has 0 radical (unpaired) electrons. The van der Waals surface area contributed by atoms with E-state index >= 15 is 0 Å². The van der Waals surface area contributed by atoms with Crippen LogP contribution in [0.1, 0.15) is 32.1 Å². The standard InChI is InChI=1S/C7H11F5O3S.Na/c8-6(9,10)4-2-1-3-5-7(11,12)16(13,14)15;/h1-5H2,(H,13,14,15);/q;+1/p-1. The fourth-order valence-corrected chi connectivity index (χ4v) is 1.35. The first-order valence-corrected chi connectivity index (χ1v) is 5.76. The van der Waals surface area contributed by atoms with Crippen LogP contribution in [0, 0.1) is 0 Å². The van der Waals surface area contributed by atoms with Crippen molar-refractivity contribution in [3.8, 4) is 0 Å². The molecule has 0 rings (SSSR count). The van der Waals surface area contributed by atoms with E-state index < -0.39 is 40.8 Å². The Morgan fingerprint density at radius 1 is 0.882 bits per heavy atom. The predicted octanol–water partition coefficient (Wildman–Crippen LogP) is -0.359. The summed E-state index contributed by atoms with van der Waals surface area (Å²) in [4.78, 5) is 0. The molecule has 0 aliphatic rings. The fraction of sp³-hybridized carbons (Fsp3) is 1.00. The molecule has 0 unspecified atom stereocenters. The van der Waals surface area contributed by atoms with Gasteiger partial charge in [0.1, 0.15) is 0 Å². The molecule has 0 atom stereocenters. The van der Waals surface area contributed by atoms with Crippen molar-refractivity contribution in [1.82, 2.24) is 0 Å². The topological polar surface area (TPSA) is 57.2 Å². The minimum Gasteiger partial charge on any atom is -0.743 e. The number of unbranched alkanes of at least 4 members (excludes halogenated alkanes) is 2. The van der Waals surface area contributed by atoms with Crippen LogP contribution in [0.15, 0.2) is 0 Å². The molecular formula is C7H10F5NaO3S. The average molecular weight is 292 g/mol. The van der Waals surface area contributed by atoms with Crippen LogP contribution in [-0.2, 0) is 10.1 Å². The Morgan fingerprint density at radius 3 is 1.65 bits per heavy atom. The first kappa shape index (κ1) is 19.9. The van der Waals surface area contributed by atoms with Crippen LogP contribution in [0.3, 0.4) is 0 Å². The number of hydrogen-bond acceptors (Lipinski definition) is 3. The minimum atomic E-state index is -5.72. The third kappa shape index (κ3) is 9.18. The van der Waals surface area contributed by atoms with Gasteiger partial charge >= 0.3 is 41.0 Å². The maximum Gasteiger partial charge on any atom is 1.00 e. The van der Waals surface area contributed by atoms with Gasteiger partial charge in [0.05, 0.1) is 0 Å². The summed E-state index contributed by atoms with van der Waals surface area (Å²) in [5.74, 6) is 0. The molecule has 0 aromatic rings. The number of hydrogen-bond donors (Lipinski definition) is 0. The van der Waals surface area contributed by atoms with E-state index in [2.05, 4.69) is 0 Å². The summed E-state index contributed by atoms with van der Waals surface area (Å²) in [6, 6.07) is 0. The third-order valence-electron chi connectivity index (χ3n) is 1.79. The summed E-state index contributed by atoms with van der Waals surface area (Å²) in [6.07, 6.45) is -7.71. The second kappa shape index (κ2) is 7.22. The Hall–Kier alpha value is 0.560. The Morgan fingerprint density at radius 2 is 1.29 bits per heavy atom. The van der Waals surface area contributed by atoms with Gasteiger partial charge in [0.2, 0.25) is 0 Å². The van der Waals surface area contributed by atoms with Gasteiger partial charge in [-0.15, -0.1) is 0 Å². The molecule has 0 saturated carbocycles. The quantitative estimate of drug-likeness (QED) is 0.291. The van der Waals surface area contributed by atoms with E-state index in [1.165, 1.54) is 0 Å². The summed E-state index contributed by atoms with van der Waals surface area (Å²) in [5.41, 5.74) is 0. The van der Waals surface area contributed by atoms with Crippen molar-refractivity contribution in [2.24, 2.45) is 0 Å². The number of rotatable bonds is 6. The molecule has 0 saturated heterocycles. The molecule has 0 aliphatic heterocycles. The van der Waals surface area contributed by atoms with Gasteiger partial charge in [0.25, 0.3) is 0 Å². The second-order valence-corrected chi connectivity index (χ2v) is 4.77. The van der Waals surface area contributed by atoms with Crippen LogP contribution in [0.4, 0.5) is 22.0 Å². The summed E-state index contributed by atoms with van der Waals surface area (Å²) in [6.45, 7) is 0. The van der Waals surface area contributed by atoms with E-state index in [0.717, 1.165) is 0 Å². The second-order valence-electron chi connectivity index (χ2n) is 3.27. The average Bonchev–Trinajstić information content (AvgIpc) is 1.98. The van der Waals surface area contributed by atoms with E-state index in [0.29, 0.717) is 0 Å². The molecule has 0 amide bonds. The molecule has 0 spiro atoms. The zero-order chi connectivity index (χ0) is 13.0.